The van der Waals surface area contributed by atoms with Crippen LogP contribution < -0.4 is 5.32 Å². The second-order valence-corrected chi connectivity index (χ2v) is 12.7. The number of aliphatic imine (C=N–C) groups is 2. The van der Waals surface area contributed by atoms with E-state index in [4.69, 9.17) is 9.98 Å². The normalized spacial score (nSPS) is 16.4. The van der Waals surface area contributed by atoms with Gasteiger partial charge in [-0.15, -0.1) is 0 Å². The number of amidine groups is 2. The number of hydrogen-bond acceptors (Lipinski definition) is 3. The average molecular weight is 593 g/mol. The van der Waals surface area contributed by atoms with Crippen LogP contribution in [0, 0.1) is 0 Å². The van der Waals surface area contributed by atoms with Crippen LogP contribution in [0.5, 0.6) is 0 Å². The second kappa shape index (κ2) is 10.1. The summed E-state index contributed by atoms with van der Waals surface area (Å²) in [6, 6.07) is 51.8. The largest absolute Gasteiger partial charge is 0.344 e. The average Bonchev–Trinajstić information content (AvgIpc) is 3.56. The first kappa shape index (κ1) is 26.6. The molecule has 1 atom stereocenters. The van der Waals surface area contributed by atoms with Gasteiger partial charge in [0, 0.05) is 33.0 Å². The zero-order valence-corrected chi connectivity index (χ0v) is 25.8. The zero-order valence-electron chi connectivity index (χ0n) is 25.8. The van der Waals surface area contributed by atoms with Crippen molar-refractivity contribution in [3.05, 3.63) is 173 Å². The van der Waals surface area contributed by atoms with Gasteiger partial charge in [0.2, 0.25) is 0 Å². The van der Waals surface area contributed by atoms with Crippen molar-refractivity contribution in [1.29, 1.82) is 0 Å². The summed E-state index contributed by atoms with van der Waals surface area (Å²) >= 11 is 0. The van der Waals surface area contributed by atoms with Gasteiger partial charge in [-0.05, 0) is 70.3 Å². The van der Waals surface area contributed by atoms with Gasteiger partial charge in [-0.1, -0.05) is 117 Å². The number of rotatable bonds is 4. The minimum absolute atomic E-state index is 0.0673. The topological polar surface area (TPSA) is 41.7 Å². The van der Waals surface area contributed by atoms with Crippen molar-refractivity contribution in [2.75, 3.05) is 0 Å². The lowest BCUT2D eigenvalue weighted by molar-refractivity contribution is 0.661. The number of nitrogens with one attached hydrogen (secondary N) is 1. The Morgan fingerprint density at radius 1 is 0.587 bits per heavy atom. The predicted molar refractivity (Wildman–Crippen MR) is 190 cm³/mol. The van der Waals surface area contributed by atoms with Gasteiger partial charge in [0.25, 0.3) is 0 Å². The van der Waals surface area contributed by atoms with Crippen molar-refractivity contribution >= 4 is 33.5 Å². The van der Waals surface area contributed by atoms with E-state index >= 15 is 0 Å². The van der Waals surface area contributed by atoms with Gasteiger partial charge in [-0.2, -0.15) is 0 Å². The number of para-hydroxylation sites is 1. The van der Waals surface area contributed by atoms with Crippen molar-refractivity contribution in [3.8, 4) is 16.8 Å². The number of aromatic nitrogens is 1. The Kier molecular flexibility index (Phi) is 5.88. The molecule has 1 unspecified atom stereocenters. The Morgan fingerprint density at radius 2 is 1.28 bits per heavy atom. The van der Waals surface area contributed by atoms with E-state index in [1.165, 1.54) is 44.1 Å². The van der Waals surface area contributed by atoms with Crippen LogP contribution in [-0.2, 0) is 5.41 Å². The molecule has 0 radical (unpaired) electrons. The summed E-state index contributed by atoms with van der Waals surface area (Å²) < 4.78 is 2.41. The van der Waals surface area contributed by atoms with Gasteiger partial charge in [-0.25, -0.2) is 9.98 Å². The molecule has 2 aliphatic rings. The predicted octanol–water partition coefficient (Wildman–Crippen LogP) is 9.59. The Morgan fingerprint density at radius 3 is 2.09 bits per heavy atom. The minimum Gasteiger partial charge on any atom is -0.344 e. The number of nitrogens with zero attached hydrogens (tertiary/aromatic N) is 3. The van der Waals surface area contributed by atoms with E-state index in [1.807, 2.05) is 24.3 Å². The quantitative estimate of drug-likeness (QED) is 0.217. The Bertz CT molecular complexity index is 2340. The summed E-state index contributed by atoms with van der Waals surface area (Å²) in [5, 5.41) is 6.09. The maximum Gasteiger partial charge on any atom is 0.159 e. The Balaban J connectivity index is 1.18. The first-order valence-electron chi connectivity index (χ1n) is 15.9. The third kappa shape index (κ3) is 4.07. The number of hydrogen-bond donors (Lipinski definition) is 1. The molecule has 0 spiro atoms. The van der Waals surface area contributed by atoms with Crippen LogP contribution >= 0.6 is 0 Å². The summed E-state index contributed by atoms with van der Waals surface area (Å²) in [5.41, 5.74) is 12.1. The van der Waals surface area contributed by atoms with E-state index in [-0.39, 0.29) is 11.6 Å². The molecule has 6 aromatic carbocycles. The highest BCUT2D eigenvalue weighted by atomic mass is 15.2. The van der Waals surface area contributed by atoms with E-state index in [1.54, 1.807) is 0 Å². The summed E-state index contributed by atoms with van der Waals surface area (Å²) in [7, 11) is 0. The van der Waals surface area contributed by atoms with E-state index in [0.717, 1.165) is 34.0 Å². The number of fused-ring (bicyclic) bond motifs is 6. The Labute approximate surface area is 268 Å². The van der Waals surface area contributed by atoms with E-state index < -0.39 is 0 Å². The second-order valence-electron chi connectivity index (χ2n) is 12.7. The SMILES string of the molecule is CC1(C)c2ccccc2-c2cc3c4ccccc4n(-c4ccc(C5=NC(c6ccccc6)NC(c6ccccc6)=N5)cc4)c3cc21. The van der Waals surface area contributed by atoms with Crippen LogP contribution in [0.3, 0.4) is 0 Å². The molecule has 0 bridgehead atoms. The fraction of sp³-hybridized carbons (Fsp3) is 0.0952. The fourth-order valence-corrected chi connectivity index (χ4v) is 7.33. The molecule has 220 valence electrons. The van der Waals surface area contributed by atoms with Crippen LogP contribution in [0.25, 0.3) is 38.6 Å². The molecular formula is C42H32N4. The summed E-state index contributed by atoms with van der Waals surface area (Å²) in [6.07, 6.45) is -0.226. The van der Waals surface area contributed by atoms with Crippen LogP contribution in [0.15, 0.2) is 156 Å². The maximum absolute atomic E-state index is 5.08. The molecule has 1 N–H and O–H groups in total. The highest BCUT2D eigenvalue weighted by Gasteiger charge is 2.36. The molecule has 0 amide bonds. The van der Waals surface area contributed by atoms with Gasteiger partial charge in [0.05, 0.1) is 11.0 Å². The van der Waals surface area contributed by atoms with E-state index in [2.05, 4.69) is 145 Å². The molecule has 4 nitrogen and oxygen atoms in total. The zero-order chi connectivity index (χ0) is 30.8. The lowest BCUT2D eigenvalue weighted by atomic mass is 9.82. The smallest absolute Gasteiger partial charge is 0.159 e. The van der Waals surface area contributed by atoms with Crippen LogP contribution in [0.4, 0.5) is 0 Å². The highest BCUT2D eigenvalue weighted by Crippen LogP contribution is 2.50. The van der Waals surface area contributed by atoms with Gasteiger partial charge >= 0.3 is 0 Å². The van der Waals surface area contributed by atoms with Crippen molar-refractivity contribution in [2.24, 2.45) is 9.98 Å². The summed E-state index contributed by atoms with van der Waals surface area (Å²) in [5.74, 6) is 1.54. The summed E-state index contributed by atoms with van der Waals surface area (Å²) in [6.45, 7) is 4.69. The lowest BCUT2D eigenvalue weighted by Crippen LogP contribution is -2.33. The van der Waals surface area contributed by atoms with E-state index in [0.29, 0.717) is 0 Å². The van der Waals surface area contributed by atoms with Gasteiger partial charge in [0.15, 0.2) is 5.84 Å². The van der Waals surface area contributed by atoms with Crippen molar-refractivity contribution in [1.82, 2.24) is 9.88 Å². The molecule has 0 saturated carbocycles. The van der Waals surface area contributed by atoms with E-state index in [9.17, 15) is 0 Å². The first-order valence-corrected chi connectivity index (χ1v) is 15.9. The van der Waals surface area contributed by atoms with Crippen LogP contribution in [0.2, 0.25) is 0 Å². The van der Waals surface area contributed by atoms with Gasteiger partial charge in [0.1, 0.15) is 12.0 Å². The molecule has 4 heteroatoms. The monoisotopic (exact) mass is 592 g/mol. The van der Waals surface area contributed by atoms with Crippen molar-refractivity contribution in [3.63, 3.8) is 0 Å². The molecular weight excluding hydrogens is 560 g/mol. The number of benzene rings is 6. The molecule has 2 heterocycles. The summed E-state index contributed by atoms with van der Waals surface area (Å²) in [4.78, 5) is 10.1. The molecule has 0 saturated heterocycles. The molecule has 0 fully saturated rings. The standard InChI is InChI=1S/C42H32N4/c1-42(2)35-19-11-9-17-31(35)33-25-34-32-18-10-12-20-37(32)46(38(34)26-36(33)42)30-23-21-29(22-24-30)41-44-39(27-13-5-3-6-14-27)43-40(45-41)28-15-7-4-8-16-28/h3-26,39H,1-2H3,(H,43,44,45). The first-order chi connectivity index (χ1) is 22.6. The molecule has 1 aliphatic heterocycles. The van der Waals surface area contributed by atoms with Crippen molar-refractivity contribution in [2.45, 2.75) is 25.4 Å². The van der Waals surface area contributed by atoms with Crippen LogP contribution in [-0.4, -0.2) is 16.2 Å². The van der Waals surface area contributed by atoms with Crippen molar-refractivity contribution < 1.29 is 0 Å². The molecule has 9 rings (SSSR count). The highest BCUT2D eigenvalue weighted by molar-refractivity contribution is 6.14. The molecule has 7 aromatic rings. The van der Waals surface area contributed by atoms with Gasteiger partial charge in [-0.3, -0.25) is 0 Å². The third-order valence-corrected chi connectivity index (χ3v) is 9.66. The molecule has 1 aliphatic carbocycles. The fourth-order valence-electron chi connectivity index (χ4n) is 7.33. The maximum atomic E-state index is 5.08. The minimum atomic E-state index is -0.226. The Hall–Kier alpha value is -5.74. The molecule has 46 heavy (non-hydrogen) atoms. The van der Waals surface area contributed by atoms with Crippen LogP contribution in [0.1, 0.15) is 47.8 Å². The third-order valence-electron chi connectivity index (χ3n) is 9.66. The molecule has 1 aromatic heterocycles. The van der Waals surface area contributed by atoms with Gasteiger partial charge < -0.3 is 9.88 Å². The lowest BCUT2D eigenvalue weighted by Gasteiger charge is -2.23.